The zero-order valence-electron chi connectivity index (χ0n) is 10.1. The third-order valence-corrected chi connectivity index (χ3v) is 2.93. The normalized spacial score (nSPS) is 13.9. The van der Waals surface area contributed by atoms with Gasteiger partial charge in [0, 0.05) is 17.8 Å². The van der Waals surface area contributed by atoms with Crippen LogP contribution in [0.3, 0.4) is 0 Å². The SMILES string of the molecule is C[Si](C)(C)C#Cc1cnc2c(c1)OCC(=O)N2. The molecule has 1 N–H and O–H groups in total. The van der Waals surface area contributed by atoms with Crippen molar-refractivity contribution in [3.8, 4) is 17.2 Å². The van der Waals surface area contributed by atoms with Crippen LogP contribution in [0.15, 0.2) is 12.3 Å². The highest BCUT2D eigenvalue weighted by molar-refractivity contribution is 6.83. The van der Waals surface area contributed by atoms with Gasteiger partial charge in [-0.25, -0.2) is 4.98 Å². The monoisotopic (exact) mass is 246 g/mol. The van der Waals surface area contributed by atoms with E-state index in [9.17, 15) is 4.79 Å². The highest BCUT2D eigenvalue weighted by Gasteiger charge is 2.17. The molecule has 0 radical (unpaired) electrons. The lowest BCUT2D eigenvalue weighted by Gasteiger charge is -2.16. The standard InChI is InChI=1S/C12H14N2O2Si/c1-17(2,3)5-4-9-6-10-12(13-7-9)14-11(15)8-16-10/h6-7H,8H2,1-3H3,(H,13,14,15). The average Bonchev–Trinajstić information content (AvgIpc) is 2.25. The number of ether oxygens (including phenoxy) is 1. The number of carbonyl (C=O) groups excluding carboxylic acids is 1. The first-order valence-corrected chi connectivity index (χ1v) is 8.90. The number of aromatic nitrogens is 1. The summed E-state index contributed by atoms with van der Waals surface area (Å²) in [6.07, 6.45) is 1.65. The van der Waals surface area contributed by atoms with E-state index in [1.165, 1.54) is 0 Å². The summed E-state index contributed by atoms with van der Waals surface area (Å²) in [5.41, 5.74) is 4.08. The number of amides is 1. The molecule has 1 aliphatic heterocycles. The van der Waals surface area contributed by atoms with Crippen molar-refractivity contribution in [2.45, 2.75) is 19.6 Å². The highest BCUT2D eigenvalue weighted by atomic mass is 28.3. The van der Waals surface area contributed by atoms with Gasteiger partial charge in [0.1, 0.15) is 8.07 Å². The van der Waals surface area contributed by atoms with E-state index in [0.29, 0.717) is 11.6 Å². The van der Waals surface area contributed by atoms with Crippen molar-refractivity contribution in [2.24, 2.45) is 0 Å². The topological polar surface area (TPSA) is 51.2 Å². The summed E-state index contributed by atoms with van der Waals surface area (Å²) in [6.45, 7) is 6.59. The van der Waals surface area contributed by atoms with Crippen molar-refractivity contribution < 1.29 is 9.53 Å². The number of pyridine rings is 1. The Morgan fingerprint density at radius 1 is 1.47 bits per heavy atom. The Hall–Kier alpha value is -1.80. The fourth-order valence-electron chi connectivity index (χ4n) is 1.29. The first kappa shape index (κ1) is 11.7. The van der Waals surface area contributed by atoms with Gasteiger partial charge in [-0.2, -0.15) is 0 Å². The number of nitrogens with zero attached hydrogens (tertiary/aromatic N) is 1. The molecule has 0 bridgehead atoms. The quantitative estimate of drug-likeness (QED) is 0.559. The van der Waals surface area contributed by atoms with Crippen molar-refractivity contribution in [2.75, 3.05) is 11.9 Å². The van der Waals surface area contributed by atoms with Crippen molar-refractivity contribution in [1.29, 1.82) is 0 Å². The lowest BCUT2D eigenvalue weighted by Crippen LogP contribution is -2.26. The molecular weight excluding hydrogens is 232 g/mol. The number of carbonyl (C=O) groups is 1. The Kier molecular flexibility index (Phi) is 2.90. The Morgan fingerprint density at radius 2 is 2.24 bits per heavy atom. The van der Waals surface area contributed by atoms with E-state index >= 15 is 0 Å². The molecule has 0 unspecified atom stereocenters. The Bertz CT molecular complexity index is 524. The number of nitrogens with one attached hydrogen (secondary N) is 1. The van der Waals surface area contributed by atoms with E-state index < -0.39 is 8.07 Å². The maximum atomic E-state index is 11.1. The Morgan fingerprint density at radius 3 is 2.94 bits per heavy atom. The van der Waals surface area contributed by atoms with Crippen LogP contribution in [0.2, 0.25) is 19.6 Å². The van der Waals surface area contributed by atoms with E-state index in [1.807, 2.05) is 6.07 Å². The molecule has 2 heterocycles. The smallest absolute Gasteiger partial charge is 0.263 e. The van der Waals surface area contributed by atoms with E-state index in [-0.39, 0.29) is 12.5 Å². The molecule has 0 aliphatic carbocycles. The summed E-state index contributed by atoms with van der Waals surface area (Å²) in [4.78, 5) is 15.2. The van der Waals surface area contributed by atoms with Crippen LogP contribution in [0, 0.1) is 11.5 Å². The molecule has 0 atom stereocenters. The molecule has 1 aromatic heterocycles. The predicted molar refractivity (Wildman–Crippen MR) is 68.6 cm³/mol. The van der Waals surface area contributed by atoms with Crippen LogP contribution in [0.1, 0.15) is 5.56 Å². The van der Waals surface area contributed by atoms with Gasteiger partial charge in [0.25, 0.3) is 5.91 Å². The summed E-state index contributed by atoms with van der Waals surface area (Å²) in [5, 5.41) is 2.64. The van der Waals surface area contributed by atoms with E-state index in [1.54, 1.807) is 6.20 Å². The molecule has 0 saturated carbocycles. The summed E-state index contributed by atoms with van der Waals surface area (Å²) >= 11 is 0. The van der Waals surface area contributed by atoms with Crippen LogP contribution in [0.25, 0.3) is 0 Å². The molecule has 88 valence electrons. The number of rotatable bonds is 0. The van der Waals surface area contributed by atoms with Gasteiger partial charge in [-0.15, -0.1) is 5.54 Å². The van der Waals surface area contributed by atoms with E-state index in [4.69, 9.17) is 4.74 Å². The molecule has 1 aromatic rings. The van der Waals surface area contributed by atoms with Gasteiger partial charge in [0.2, 0.25) is 0 Å². The minimum absolute atomic E-state index is 0.0413. The first-order chi connectivity index (χ1) is 7.94. The van der Waals surface area contributed by atoms with Gasteiger partial charge in [-0.1, -0.05) is 25.6 Å². The third kappa shape index (κ3) is 3.08. The highest BCUT2D eigenvalue weighted by Crippen LogP contribution is 2.25. The largest absolute Gasteiger partial charge is 0.480 e. The molecule has 4 nitrogen and oxygen atoms in total. The van der Waals surface area contributed by atoms with Crippen LogP contribution in [-0.2, 0) is 4.79 Å². The van der Waals surface area contributed by atoms with Crippen molar-refractivity contribution in [3.05, 3.63) is 17.8 Å². The van der Waals surface area contributed by atoms with Crippen LogP contribution < -0.4 is 10.1 Å². The maximum absolute atomic E-state index is 11.1. The third-order valence-electron chi connectivity index (χ3n) is 2.05. The first-order valence-electron chi connectivity index (χ1n) is 5.40. The fraction of sp³-hybridized carbons (Fsp3) is 0.333. The summed E-state index contributed by atoms with van der Waals surface area (Å²) < 4.78 is 5.28. The Labute approximate surface area is 101 Å². The van der Waals surface area contributed by atoms with Gasteiger partial charge >= 0.3 is 0 Å². The fourth-order valence-corrected chi connectivity index (χ4v) is 1.81. The summed E-state index contributed by atoms with van der Waals surface area (Å²) in [6, 6.07) is 1.81. The lowest BCUT2D eigenvalue weighted by atomic mass is 10.2. The van der Waals surface area contributed by atoms with Gasteiger partial charge in [0.05, 0.1) is 0 Å². The number of fused-ring (bicyclic) bond motifs is 1. The van der Waals surface area contributed by atoms with E-state index in [2.05, 4.69) is 41.4 Å². The molecule has 0 saturated heterocycles. The van der Waals surface area contributed by atoms with Crippen molar-refractivity contribution in [1.82, 2.24) is 4.98 Å². The van der Waals surface area contributed by atoms with Crippen molar-refractivity contribution >= 4 is 19.8 Å². The second kappa shape index (κ2) is 4.22. The van der Waals surface area contributed by atoms with Gasteiger partial charge in [-0.05, 0) is 0 Å². The van der Waals surface area contributed by atoms with Crippen LogP contribution in [0.4, 0.5) is 5.82 Å². The summed E-state index contributed by atoms with van der Waals surface area (Å²) in [5.74, 6) is 3.99. The molecule has 5 heteroatoms. The lowest BCUT2D eigenvalue weighted by molar-refractivity contribution is -0.118. The zero-order valence-corrected chi connectivity index (χ0v) is 11.1. The number of hydrogen-bond acceptors (Lipinski definition) is 3. The second-order valence-electron chi connectivity index (χ2n) is 4.91. The minimum atomic E-state index is -1.39. The molecule has 0 fully saturated rings. The number of anilines is 1. The number of hydrogen-bond donors (Lipinski definition) is 1. The summed E-state index contributed by atoms with van der Waals surface area (Å²) in [7, 11) is -1.39. The maximum Gasteiger partial charge on any atom is 0.263 e. The molecule has 17 heavy (non-hydrogen) atoms. The second-order valence-corrected chi connectivity index (χ2v) is 9.66. The zero-order chi connectivity index (χ0) is 12.5. The van der Waals surface area contributed by atoms with Crippen molar-refractivity contribution in [3.63, 3.8) is 0 Å². The van der Waals surface area contributed by atoms with Gasteiger partial charge in [0.15, 0.2) is 18.2 Å². The van der Waals surface area contributed by atoms with Crippen LogP contribution in [-0.4, -0.2) is 25.6 Å². The van der Waals surface area contributed by atoms with Gasteiger partial charge < -0.3 is 10.1 Å². The predicted octanol–water partition coefficient (Wildman–Crippen LogP) is 1.64. The molecule has 0 aromatic carbocycles. The van der Waals surface area contributed by atoms with Crippen LogP contribution >= 0.6 is 0 Å². The molecular formula is C12H14N2O2Si. The van der Waals surface area contributed by atoms with Crippen LogP contribution in [0.5, 0.6) is 5.75 Å². The minimum Gasteiger partial charge on any atom is -0.480 e. The molecule has 1 amide bonds. The molecule has 2 rings (SSSR count). The van der Waals surface area contributed by atoms with Gasteiger partial charge in [-0.3, -0.25) is 4.79 Å². The van der Waals surface area contributed by atoms with E-state index in [0.717, 1.165) is 5.56 Å². The average molecular weight is 246 g/mol. The molecule has 1 aliphatic rings. The molecule has 0 spiro atoms. The Balaban J connectivity index is 2.28.